The molecule has 1 heterocycles. The average Bonchev–Trinajstić information content (AvgIpc) is 2.81. The zero-order chi connectivity index (χ0) is 13.0. The number of aromatic nitrogens is 2. The summed E-state index contributed by atoms with van der Waals surface area (Å²) in [7, 11) is 0. The van der Waals surface area contributed by atoms with Gasteiger partial charge in [-0.2, -0.15) is 0 Å². The standard InChI is InChI=1S/C14H19N3O/c1-10(2)4-3-7-15-14(18)11-5-6-12-13(8-11)17-9-16-12/h5-6,8-10H,3-4,7H2,1-2H3,(H,15,18)(H,16,17). The molecule has 18 heavy (non-hydrogen) atoms. The van der Waals surface area contributed by atoms with Gasteiger partial charge in [0.05, 0.1) is 17.4 Å². The number of hydrogen-bond donors (Lipinski definition) is 2. The predicted molar refractivity (Wildman–Crippen MR) is 72.5 cm³/mol. The fourth-order valence-electron chi connectivity index (χ4n) is 1.89. The number of carbonyl (C=O) groups is 1. The van der Waals surface area contributed by atoms with E-state index in [1.807, 2.05) is 12.1 Å². The molecule has 1 amide bonds. The number of rotatable bonds is 5. The topological polar surface area (TPSA) is 57.8 Å². The number of aromatic amines is 1. The first-order valence-corrected chi connectivity index (χ1v) is 6.38. The predicted octanol–water partition coefficient (Wildman–Crippen LogP) is 2.73. The van der Waals surface area contributed by atoms with Gasteiger partial charge in [0.2, 0.25) is 0 Å². The first-order valence-electron chi connectivity index (χ1n) is 6.38. The minimum Gasteiger partial charge on any atom is -0.352 e. The van der Waals surface area contributed by atoms with Crippen LogP contribution >= 0.6 is 0 Å². The third-order valence-electron chi connectivity index (χ3n) is 2.93. The Balaban J connectivity index is 1.92. The van der Waals surface area contributed by atoms with E-state index < -0.39 is 0 Å². The van der Waals surface area contributed by atoms with Crippen molar-refractivity contribution in [2.45, 2.75) is 26.7 Å². The van der Waals surface area contributed by atoms with Gasteiger partial charge < -0.3 is 10.3 Å². The molecule has 2 N–H and O–H groups in total. The molecule has 0 spiro atoms. The van der Waals surface area contributed by atoms with Gasteiger partial charge in [0, 0.05) is 12.1 Å². The monoisotopic (exact) mass is 245 g/mol. The van der Waals surface area contributed by atoms with Crippen molar-refractivity contribution >= 4 is 16.9 Å². The van der Waals surface area contributed by atoms with Gasteiger partial charge in [-0.05, 0) is 37.0 Å². The first kappa shape index (κ1) is 12.6. The molecule has 2 rings (SSSR count). The van der Waals surface area contributed by atoms with Crippen molar-refractivity contribution < 1.29 is 4.79 Å². The molecule has 0 unspecified atom stereocenters. The average molecular weight is 245 g/mol. The summed E-state index contributed by atoms with van der Waals surface area (Å²) in [6, 6.07) is 5.50. The van der Waals surface area contributed by atoms with Crippen molar-refractivity contribution in [1.29, 1.82) is 0 Å². The second-order valence-electron chi connectivity index (χ2n) is 4.93. The molecule has 0 atom stereocenters. The molecule has 1 aromatic heterocycles. The summed E-state index contributed by atoms with van der Waals surface area (Å²) in [6.07, 6.45) is 3.80. The molecule has 0 aliphatic carbocycles. The van der Waals surface area contributed by atoms with E-state index in [2.05, 4.69) is 29.1 Å². The third-order valence-corrected chi connectivity index (χ3v) is 2.93. The lowest BCUT2D eigenvalue weighted by molar-refractivity contribution is 0.0952. The molecule has 0 radical (unpaired) electrons. The van der Waals surface area contributed by atoms with Crippen LogP contribution in [0, 0.1) is 5.92 Å². The molecule has 4 heteroatoms. The van der Waals surface area contributed by atoms with E-state index in [-0.39, 0.29) is 5.91 Å². The van der Waals surface area contributed by atoms with Crippen LogP contribution in [0.3, 0.4) is 0 Å². The highest BCUT2D eigenvalue weighted by atomic mass is 16.1. The van der Waals surface area contributed by atoms with Gasteiger partial charge in [-0.25, -0.2) is 4.98 Å². The fraction of sp³-hybridized carbons (Fsp3) is 0.429. The van der Waals surface area contributed by atoms with Crippen LogP contribution in [-0.2, 0) is 0 Å². The molecule has 4 nitrogen and oxygen atoms in total. The molecule has 2 aromatic rings. The molecule has 0 saturated heterocycles. The summed E-state index contributed by atoms with van der Waals surface area (Å²) in [5.41, 5.74) is 2.45. The third kappa shape index (κ3) is 3.09. The van der Waals surface area contributed by atoms with Crippen LogP contribution < -0.4 is 5.32 Å². The molecule has 0 aliphatic rings. The molecule has 0 fully saturated rings. The van der Waals surface area contributed by atoms with E-state index in [9.17, 15) is 4.79 Å². The Labute approximate surface area is 107 Å². The van der Waals surface area contributed by atoms with Crippen molar-refractivity contribution in [1.82, 2.24) is 15.3 Å². The van der Waals surface area contributed by atoms with Crippen molar-refractivity contribution in [2.24, 2.45) is 5.92 Å². The Morgan fingerprint density at radius 2 is 2.28 bits per heavy atom. The number of amides is 1. The summed E-state index contributed by atoms with van der Waals surface area (Å²) in [4.78, 5) is 19.0. The highest BCUT2D eigenvalue weighted by Crippen LogP contribution is 2.11. The maximum absolute atomic E-state index is 11.9. The summed E-state index contributed by atoms with van der Waals surface area (Å²) in [5, 5.41) is 2.94. The lowest BCUT2D eigenvalue weighted by atomic mass is 10.1. The zero-order valence-electron chi connectivity index (χ0n) is 10.9. The van der Waals surface area contributed by atoms with Crippen LogP contribution in [0.2, 0.25) is 0 Å². The van der Waals surface area contributed by atoms with E-state index in [0.717, 1.165) is 30.4 Å². The van der Waals surface area contributed by atoms with Gasteiger partial charge in [0.25, 0.3) is 5.91 Å². The maximum Gasteiger partial charge on any atom is 0.251 e. The number of nitrogens with one attached hydrogen (secondary N) is 2. The Kier molecular flexibility index (Phi) is 3.97. The second-order valence-corrected chi connectivity index (χ2v) is 4.93. The van der Waals surface area contributed by atoms with Crippen molar-refractivity contribution in [3.05, 3.63) is 30.1 Å². The van der Waals surface area contributed by atoms with E-state index in [4.69, 9.17) is 0 Å². The molecule has 0 saturated carbocycles. The van der Waals surface area contributed by atoms with Crippen LogP contribution in [-0.4, -0.2) is 22.4 Å². The van der Waals surface area contributed by atoms with Gasteiger partial charge in [0.1, 0.15) is 0 Å². The normalized spacial score (nSPS) is 11.1. The van der Waals surface area contributed by atoms with Crippen molar-refractivity contribution in [3.63, 3.8) is 0 Å². The minimum atomic E-state index is -0.0183. The van der Waals surface area contributed by atoms with Crippen LogP contribution in [0.5, 0.6) is 0 Å². The molecule has 0 aliphatic heterocycles. The fourth-order valence-corrected chi connectivity index (χ4v) is 1.89. The zero-order valence-corrected chi connectivity index (χ0v) is 10.9. The van der Waals surface area contributed by atoms with Gasteiger partial charge in [-0.1, -0.05) is 13.8 Å². The van der Waals surface area contributed by atoms with Gasteiger partial charge in [-0.3, -0.25) is 4.79 Å². The number of H-pyrrole nitrogens is 1. The molecule has 0 bridgehead atoms. The number of benzene rings is 1. The molecule has 96 valence electrons. The molecule has 1 aromatic carbocycles. The smallest absolute Gasteiger partial charge is 0.251 e. The summed E-state index contributed by atoms with van der Waals surface area (Å²) in [6.45, 7) is 5.11. The van der Waals surface area contributed by atoms with Crippen LogP contribution in [0.4, 0.5) is 0 Å². The largest absolute Gasteiger partial charge is 0.352 e. The molecular formula is C14H19N3O. The number of fused-ring (bicyclic) bond motifs is 1. The van der Waals surface area contributed by atoms with Gasteiger partial charge in [-0.15, -0.1) is 0 Å². The van der Waals surface area contributed by atoms with E-state index in [1.54, 1.807) is 12.4 Å². The van der Waals surface area contributed by atoms with Crippen molar-refractivity contribution in [2.75, 3.05) is 6.54 Å². The SMILES string of the molecule is CC(C)CCCNC(=O)c1ccc2nc[nH]c2c1. The van der Waals surface area contributed by atoms with Crippen LogP contribution in [0.25, 0.3) is 11.0 Å². The quantitative estimate of drug-likeness (QED) is 0.796. The van der Waals surface area contributed by atoms with Gasteiger partial charge in [0.15, 0.2) is 0 Å². The summed E-state index contributed by atoms with van der Waals surface area (Å²) >= 11 is 0. The summed E-state index contributed by atoms with van der Waals surface area (Å²) in [5.74, 6) is 0.665. The number of nitrogens with zero attached hydrogens (tertiary/aromatic N) is 1. The second kappa shape index (κ2) is 5.67. The molecular weight excluding hydrogens is 226 g/mol. The van der Waals surface area contributed by atoms with E-state index in [1.165, 1.54) is 0 Å². The highest BCUT2D eigenvalue weighted by molar-refractivity contribution is 5.97. The minimum absolute atomic E-state index is 0.0183. The van der Waals surface area contributed by atoms with E-state index in [0.29, 0.717) is 11.5 Å². The Hall–Kier alpha value is -1.84. The van der Waals surface area contributed by atoms with Gasteiger partial charge >= 0.3 is 0 Å². The van der Waals surface area contributed by atoms with E-state index >= 15 is 0 Å². The number of imidazole rings is 1. The highest BCUT2D eigenvalue weighted by Gasteiger charge is 2.06. The Morgan fingerprint density at radius 3 is 3.06 bits per heavy atom. The number of carbonyl (C=O) groups excluding carboxylic acids is 1. The maximum atomic E-state index is 11.9. The Morgan fingerprint density at radius 1 is 1.44 bits per heavy atom. The lowest BCUT2D eigenvalue weighted by Crippen LogP contribution is -2.24. The first-order chi connectivity index (χ1) is 8.66. The van der Waals surface area contributed by atoms with Crippen LogP contribution in [0.15, 0.2) is 24.5 Å². The Bertz CT molecular complexity index is 531. The number of hydrogen-bond acceptors (Lipinski definition) is 2. The lowest BCUT2D eigenvalue weighted by Gasteiger charge is -2.06. The van der Waals surface area contributed by atoms with Crippen molar-refractivity contribution in [3.8, 4) is 0 Å². The summed E-state index contributed by atoms with van der Waals surface area (Å²) < 4.78 is 0. The van der Waals surface area contributed by atoms with Crippen LogP contribution in [0.1, 0.15) is 37.0 Å².